The van der Waals surface area contributed by atoms with Gasteiger partial charge in [0.1, 0.15) is 5.82 Å². The third-order valence-electron chi connectivity index (χ3n) is 2.09. The molecule has 0 saturated carbocycles. The Balaban J connectivity index is 3.06. The maximum absolute atomic E-state index is 13.5. The first-order chi connectivity index (χ1) is 7.90. The number of hydrogen-bond donors (Lipinski definition) is 2. The number of carboxylic acid groups (broad SMARTS) is 1. The molecule has 0 aliphatic carbocycles. The van der Waals surface area contributed by atoms with E-state index in [4.69, 9.17) is 16.7 Å². The van der Waals surface area contributed by atoms with Crippen LogP contribution in [0.4, 0.5) is 4.39 Å². The Morgan fingerprint density at radius 1 is 1.53 bits per heavy atom. The Kier molecular flexibility index (Phi) is 4.45. The Morgan fingerprint density at radius 3 is 2.71 bits per heavy atom. The monoisotopic (exact) mass is 259 g/mol. The quantitative estimate of drug-likeness (QED) is 0.870. The minimum Gasteiger partial charge on any atom is -0.481 e. The van der Waals surface area contributed by atoms with Gasteiger partial charge in [-0.25, -0.2) is 4.39 Å². The van der Waals surface area contributed by atoms with Crippen molar-refractivity contribution >= 4 is 23.5 Å². The van der Waals surface area contributed by atoms with E-state index in [0.29, 0.717) is 0 Å². The van der Waals surface area contributed by atoms with Crippen LogP contribution in [0.1, 0.15) is 24.9 Å². The van der Waals surface area contributed by atoms with E-state index in [1.165, 1.54) is 19.1 Å². The van der Waals surface area contributed by atoms with E-state index >= 15 is 0 Å². The van der Waals surface area contributed by atoms with Crippen LogP contribution >= 0.6 is 11.6 Å². The van der Waals surface area contributed by atoms with Gasteiger partial charge in [0.15, 0.2) is 0 Å². The number of carbonyl (C=O) groups is 2. The summed E-state index contributed by atoms with van der Waals surface area (Å²) in [5, 5.41) is 11.4. The van der Waals surface area contributed by atoms with Gasteiger partial charge in [-0.05, 0) is 18.2 Å². The molecule has 0 saturated heterocycles. The minimum atomic E-state index is -1.14. The molecule has 17 heavy (non-hydrogen) atoms. The molecule has 0 unspecified atom stereocenters. The molecule has 0 fully saturated rings. The summed E-state index contributed by atoms with van der Waals surface area (Å²) in [5.74, 6) is -2.17. The highest BCUT2D eigenvalue weighted by Gasteiger charge is 2.20. The van der Waals surface area contributed by atoms with Gasteiger partial charge in [0.25, 0.3) is 0 Å². The van der Waals surface area contributed by atoms with Crippen LogP contribution in [0, 0.1) is 5.82 Å². The van der Waals surface area contributed by atoms with Gasteiger partial charge in [-0.15, -0.1) is 0 Å². The van der Waals surface area contributed by atoms with Gasteiger partial charge >= 0.3 is 5.97 Å². The minimum absolute atomic E-state index is 0.0649. The molecule has 0 bridgehead atoms. The van der Waals surface area contributed by atoms with E-state index in [1.54, 1.807) is 0 Å². The van der Waals surface area contributed by atoms with Crippen LogP contribution in [0.2, 0.25) is 5.02 Å². The van der Waals surface area contributed by atoms with Crippen molar-refractivity contribution < 1.29 is 19.1 Å². The lowest BCUT2D eigenvalue weighted by Crippen LogP contribution is -2.28. The third-order valence-corrected chi connectivity index (χ3v) is 2.32. The van der Waals surface area contributed by atoms with E-state index in [9.17, 15) is 14.0 Å². The molecule has 1 amide bonds. The Morgan fingerprint density at radius 2 is 2.18 bits per heavy atom. The molecule has 0 radical (unpaired) electrons. The topological polar surface area (TPSA) is 66.4 Å². The van der Waals surface area contributed by atoms with Gasteiger partial charge in [0.05, 0.1) is 12.5 Å². The van der Waals surface area contributed by atoms with E-state index in [0.717, 1.165) is 6.07 Å². The smallest absolute Gasteiger partial charge is 0.305 e. The zero-order valence-corrected chi connectivity index (χ0v) is 9.79. The second kappa shape index (κ2) is 5.63. The molecule has 0 aliphatic heterocycles. The summed E-state index contributed by atoms with van der Waals surface area (Å²) < 4.78 is 13.5. The first-order valence-electron chi connectivity index (χ1n) is 4.84. The second-order valence-corrected chi connectivity index (χ2v) is 3.95. The molecule has 0 spiro atoms. The van der Waals surface area contributed by atoms with Crippen LogP contribution in [0.5, 0.6) is 0 Å². The van der Waals surface area contributed by atoms with Gasteiger partial charge in [-0.1, -0.05) is 11.6 Å². The molecule has 6 heteroatoms. The molecule has 0 heterocycles. The molecule has 92 valence electrons. The maximum Gasteiger partial charge on any atom is 0.305 e. The van der Waals surface area contributed by atoms with Gasteiger partial charge in [0.2, 0.25) is 5.91 Å². The number of hydrogen-bond acceptors (Lipinski definition) is 2. The number of halogens is 2. The molecule has 4 nitrogen and oxygen atoms in total. The molecule has 0 aliphatic rings. The third kappa shape index (κ3) is 4.03. The summed E-state index contributed by atoms with van der Waals surface area (Å²) in [6, 6.07) is 2.87. The number of rotatable bonds is 4. The van der Waals surface area contributed by atoms with Crippen molar-refractivity contribution in [3.05, 3.63) is 34.6 Å². The number of carbonyl (C=O) groups excluding carboxylic acids is 1. The lowest BCUT2D eigenvalue weighted by Gasteiger charge is -2.17. The van der Waals surface area contributed by atoms with E-state index in [2.05, 4.69) is 5.32 Å². The van der Waals surface area contributed by atoms with Crippen LogP contribution in [-0.4, -0.2) is 17.0 Å². The maximum atomic E-state index is 13.5. The van der Waals surface area contributed by atoms with Crippen molar-refractivity contribution in [1.82, 2.24) is 5.32 Å². The fraction of sp³-hybridized carbons (Fsp3) is 0.273. The van der Waals surface area contributed by atoms with Crippen molar-refractivity contribution in [2.45, 2.75) is 19.4 Å². The zero-order valence-electron chi connectivity index (χ0n) is 9.04. The largest absolute Gasteiger partial charge is 0.481 e. The lowest BCUT2D eigenvalue weighted by atomic mass is 10.0. The standard InChI is InChI=1S/C11H11ClFNO3/c1-6(15)14-10(5-11(16)17)8-4-7(12)2-3-9(8)13/h2-4,10H,5H2,1H3,(H,14,15)(H,16,17)/t10-/m1/s1. The summed E-state index contributed by atoms with van der Waals surface area (Å²) in [7, 11) is 0. The SMILES string of the molecule is CC(=O)N[C@H](CC(=O)O)c1cc(Cl)ccc1F. The summed E-state index contributed by atoms with van der Waals surface area (Å²) in [4.78, 5) is 21.6. The van der Waals surface area contributed by atoms with E-state index in [-0.39, 0.29) is 10.6 Å². The van der Waals surface area contributed by atoms with Crippen molar-refractivity contribution in [2.75, 3.05) is 0 Å². The Hall–Kier alpha value is -1.62. The first kappa shape index (κ1) is 13.4. The van der Waals surface area contributed by atoms with Crippen molar-refractivity contribution in [3.63, 3.8) is 0 Å². The van der Waals surface area contributed by atoms with Crippen LogP contribution in [0.3, 0.4) is 0 Å². The molecule has 1 aromatic rings. The van der Waals surface area contributed by atoms with Crippen LogP contribution in [0.15, 0.2) is 18.2 Å². The normalized spacial score (nSPS) is 11.9. The van der Waals surface area contributed by atoms with Crippen LogP contribution in [-0.2, 0) is 9.59 Å². The Bertz CT molecular complexity index is 434. The number of aliphatic carboxylic acids is 1. The van der Waals surface area contributed by atoms with E-state index < -0.39 is 30.2 Å². The molecular formula is C11H11ClFNO3. The molecule has 1 atom stereocenters. The van der Waals surface area contributed by atoms with Crippen LogP contribution in [0.25, 0.3) is 0 Å². The predicted octanol–water partition coefficient (Wildman–Crippen LogP) is 2.13. The second-order valence-electron chi connectivity index (χ2n) is 3.52. The molecule has 1 aromatic carbocycles. The average molecular weight is 260 g/mol. The summed E-state index contributed by atoms with van der Waals surface area (Å²) >= 11 is 5.71. The zero-order chi connectivity index (χ0) is 13.0. The van der Waals surface area contributed by atoms with Gasteiger partial charge in [-0.2, -0.15) is 0 Å². The van der Waals surface area contributed by atoms with Crippen molar-refractivity contribution in [3.8, 4) is 0 Å². The van der Waals surface area contributed by atoms with Gasteiger partial charge in [-0.3, -0.25) is 9.59 Å². The lowest BCUT2D eigenvalue weighted by molar-refractivity contribution is -0.137. The molecule has 0 aromatic heterocycles. The number of benzene rings is 1. The number of nitrogens with one attached hydrogen (secondary N) is 1. The molecular weight excluding hydrogens is 249 g/mol. The summed E-state index contributed by atoms with van der Waals surface area (Å²) in [6.07, 6.45) is -0.406. The average Bonchev–Trinajstić information content (AvgIpc) is 2.19. The number of carboxylic acids is 1. The molecule has 2 N–H and O–H groups in total. The summed E-state index contributed by atoms with van der Waals surface area (Å²) in [6.45, 7) is 1.23. The summed E-state index contributed by atoms with van der Waals surface area (Å²) in [5.41, 5.74) is 0.0649. The van der Waals surface area contributed by atoms with Crippen molar-refractivity contribution in [2.24, 2.45) is 0 Å². The van der Waals surface area contributed by atoms with Gasteiger partial charge < -0.3 is 10.4 Å². The number of amides is 1. The fourth-order valence-electron chi connectivity index (χ4n) is 1.44. The Labute approximate surface area is 102 Å². The van der Waals surface area contributed by atoms with E-state index in [1.807, 2.05) is 0 Å². The highest BCUT2D eigenvalue weighted by atomic mass is 35.5. The molecule has 1 rings (SSSR count). The highest BCUT2D eigenvalue weighted by molar-refractivity contribution is 6.30. The van der Waals surface area contributed by atoms with Gasteiger partial charge in [0, 0.05) is 17.5 Å². The highest BCUT2D eigenvalue weighted by Crippen LogP contribution is 2.23. The predicted molar refractivity (Wildman–Crippen MR) is 60.2 cm³/mol. The van der Waals surface area contributed by atoms with Crippen LogP contribution < -0.4 is 5.32 Å². The fourth-order valence-corrected chi connectivity index (χ4v) is 1.62. The first-order valence-corrected chi connectivity index (χ1v) is 5.21. The van der Waals surface area contributed by atoms with Crippen molar-refractivity contribution in [1.29, 1.82) is 0 Å².